The Bertz CT molecular complexity index is 669. The van der Waals surface area contributed by atoms with E-state index in [9.17, 15) is 0 Å². The Hall–Kier alpha value is -1.38. The van der Waals surface area contributed by atoms with E-state index < -0.39 is 0 Å². The third-order valence-electron chi connectivity index (χ3n) is 2.92. The summed E-state index contributed by atoms with van der Waals surface area (Å²) < 4.78 is 4.14. The highest BCUT2D eigenvalue weighted by molar-refractivity contribution is 7.98. The molecule has 0 aromatic carbocycles. The van der Waals surface area contributed by atoms with Gasteiger partial charge in [-0.2, -0.15) is 0 Å². The second kappa shape index (κ2) is 5.94. The molecular weight excluding hydrogens is 292 g/mol. The van der Waals surface area contributed by atoms with E-state index in [-0.39, 0.29) is 0 Å². The van der Waals surface area contributed by atoms with Crippen LogP contribution in [0.25, 0.3) is 4.96 Å². The van der Waals surface area contributed by atoms with Crippen molar-refractivity contribution in [3.8, 4) is 0 Å². The molecule has 3 heterocycles. The first kappa shape index (κ1) is 13.6. The topological polar surface area (TPSA) is 74.0 Å². The first-order valence-electron chi connectivity index (χ1n) is 6.47. The largest absolute Gasteiger partial charge is 0.324 e. The molecule has 0 aliphatic rings. The number of hydrogen-bond acceptors (Lipinski definition) is 6. The van der Waals surface area contributed by atoms with Crippen LogP contribution < -0.4 is 5.73 Å². The minimum Gasteiger partial charge on any atom is -0.324 e. The molecule has 0 atom stereocenters. The lowest BCUT2D eigenvalue weighted by Crippen LogP contribution is -2.09. The molecule has 0 saturated carbocycles. The first-order valence-corrected chi connectivity index (χ1v) is 8.34. The zero-order valence-corrected chi connectivity index (χ0v) is 12.8. The average Bonchev–Trinajstić information content (AvgIpc) is 3.10. The van der Waals surface area contributed by atoms with Crippen molar-refractivity contribution in [3.63, 3.8) is 0 Å². The van der Waals surface area contributed by atoms with Crippen molar-refractivity contribution in [1.29, 1.82) is 0 Å². The Labute approximate surface area is 125 Å². The Morgan fingerprint density at radius 1 is 1.40 bits per heavy atom. The number of nitrogens with two attached hydrogens (primary N) is 1. The second-order valence-corrected chi connectivity index (χ2v) is 6.18. The van der Waals surface area contributed by atoms with E-state index in [1.165, 1.54) is 0 Å². The summed E-state index contributed by atoms with van der Waals surface area (Å²) in [6.45, 7) is 3.46. The highest BCUT2D eigenvalue weighted by atomic mass is 32.2. The molecule has 3 rings (SSSR count). The Morgan fingerprint density at radius 3 is 3.05 bits per heavy atom. The standard InChI is InChI=1S/C12H16N6S2/c1-2-3-18-10(6-13)15-16-12(18)20-8-9-7-17-4-5-19-11(17)14-9/h4-5,7H,2-3,6,8,13H2,1H3. The van der Waals surface area contributed by atoms with E-state index in [1.54, 1.807) is 23.1 Å². The number of thioether (sulfide) groups is 1. The summed E-state index contributed by atoms with van der Waals surface area (Å²) in [4.78, 5) is 5.60. The fourth-order valence-corrected chi connectivity index (χ4v) is 3.60. The molecule has 6 nitrogen and oxygen atoms in total. The lowest BCUT2D eigenvalue weighted by Gasteiger charge is -2.06. The van der Waals surface area contributed by atoms with Gasteiger partial charge in [0.05, 0.1) is 12.2 Å². The van der Waals surface area contributed by atoms with Crippen LogP contribution in [0.4, 0.5) is 0 Å². The molecule has 0 aliphatic carbocycles. The van der Waals surface area contributed by atoms with Crippen molar-refractivity contribution in [1.82, 2.24) is 24.1 Å². The molecule has 0 aliphatic heterocycles. The maximum atomic E-state index is 5.69. The number of fused-ring (bicyclic) bond motifs is 1. The van der Waals surface area contributed by atoms with Gasteiger partial charge >= 0.3 is 0 Å². The van der Waals surface area contributed by atoms with Gasteiger partial charge in [0.1, 0.15) is 5.82 Å². The molecule has 106 valence electrons. The van der Waals surface area contributed by atoms with Crippen LogP contribution in [-0.4, -0.2) is 24.1 Å². The number of imidazole rings is 1. The number of hydrogen-bond donors (Lipinski definition) is 1. The van der Waals surface area contributed by atoms with Crippen LogP contribution in [0.1, 0.15) is 24.9 Å². The number of nitrogens with zero attached hydrogens (tertiary/aromatic N) is 5. The summed E-state index contributed by atoms with van der Waals surface area (Å²) in [5.74, 6) is 1.64. The molecule has 0 spiro atoms. The predicted molar refractivity (Wildman–Crippen MR) is 80.8 cm³/mol. The highest BCUT2D eigenvalue weighted by Crippen LogP contribution is 2.23. The van der Waals surface area contributed by atoms with Crippen molar-refractivity contribution >= 4 is 28.1 Å². The van der Waals surface area contributed by atoms with E-state index in [0.717, 1.165) is 40.4 Å². The Kier molecular flexibility index (Phi) is 4.04. The molecule has 0 amide bonds. The number of aromatic nitrogens is 5. The van der Waals surface area contributed by atoms with Crippen LogP contribution in [0.15, 0.2) is 22.9 Å². The maximum Gasteiger partial charge on any atom is 0.193 e. The van der Waals surface area contributed by atoms with Gasteiger partial charge < -0.3 is 10.3 Å². The van der Waals surface area contributed by atoms with Gasteiger partial charge in [0, 0.05) is 30.1 Å². The summed E-state index contributed by atoms with van der Waals surface area (Å²) >= 11 is 3.30. The summed E-state index contributed by atoms with van der Waals surface area (Å²) in [5, 5.41) is 11.3. The zero-order chi connectivity index (χ0) is 13.9. The third-order valence-corrected chi connectivity index (χ3v) is 4.69. The van der Waals surface area contributed by atoms with Gasteiger partial charge in [0.15, 0.2) is 10.1 Å². The lowest BCUT2D eigenvalue weighted by atomic mass is 10.4. The molecule has 0 unspecified atom stereocenters. The monoisotopic (exact) mass is 308 g/mol. The molecular formula is C12H16N6S2. The van der Waals surface area contributed by atoms with Gasteiger partial charge in [-0.1, -0.05) is 18.7 Å². The van der Waals surface area contributed by atoms with E-state index in [0.29, 0.717) is 6.54 Å². The van der Waals surface area contributed by atoms with E-state index in [1.807, 2.05) is 16.0 Å². The Balaban J connectivity index is 1.74. The predicted octanol–water partition coefficient (Wildman–Crippen LogP) is 2.15. The van der Waals surface area contributed by atoms with Crippen molar-refractivity contribution < 1.29 is 0 Å². The van der Waals surface area contributed by atoms with Crippen LogP contribution in [-0.2, 0) is 18.8 Å². The van der Waals surface area contributed by atoms with E-state index in [2.05, 4.69) is 32.9 Å². The normalized spacial score (nSPS) is 11.5. The molecule has 20 heavy (non-hydrogen) atoms. The second-order valence-electron chi connectivity index (χ2n) is 4.37. The average molecular weight is 308 g/mol. The lowest BCUT2D eigenvalue weighted by molar-refractivity contribution is 0.592. The smallest absolute Gasteiger partial charge is 0.193 e. The van der Waals surface area contributed by atoms with E-state index >= 15 is 0 Å². The fraction of sp³-hybridized carbons (Fsp3) is 0.417. The van der Waals surface area contributed by atoms with Crippen molar-refractivity contribution in [2.45, 2.75) is 37.3 Å². The molecule has 0 bridgehead atoms. The molecule has 8 heteroatoms. The maximum absolute atomic E-state index is 5.69. The molecule has 0 fully saturated rings. The summed E-state index contributed by atoms with van der Waals surface area (Å²) in [6.07, 6.45) is 5.12. The van der Waals surface area contributed by atoms with Crippen LogP contribution >= 0.6 is 23.1 Å². The minimum absolute atomic E-state index is 0.424. The quantitative estimate of drug-likeness (QED) is 0.706. The summed E-state index contributed by atoms with van der Waals surface area (Å²) in [5.41, 5.74) is 6.75. The molecule has 0 saturated heterocycles. The molecule has 2 N–H and O–H groups in total. The third kappa shape index (κ3) is 2.58. The van der Waals surface area contributed by atoms with Crippen molar-refractivity contribution in [2.75, 3.05) is 0 Å². The van der Waals surface area contributed by atoms with Gasteiger partial charge in [-0.25, -0.2) is 4.98 Å². The van der Waals surface area contributed by atoms with Crippen molar-refractivity contribution in [3.05, 3.63) is 29.3 Å². The summed E-state index contributed by atoms with van der Waals surface area (Å²) in [7, 11) is 0. The SMILES string of the molecule is CCCn1c(CN)nnc1SCc1cn2ccsc2n1. The summed E-state index contributed by atoms with van der Waals surface area (Å²) in [6, 6.07) is 0. The van der Waals surface area contributed by atoms with E-state index in [4.69, 9.17) is 5.73 Å². The molecule has 3 aromatic rings. The van der Waals surface area contributed by atoms with Crippen LogP contribution in [0, 0.1) is 0 Å². The Morgan fingerprint density at radius 2 is 2.30 bits per heavy atom. The zero-order valence-electron chi connectivity index (χ0n) is 11.2. The van der Waals surface area contributed by atoms with Gasteiger partial charge in [-0.05, 0) is 6.42 Å². The highest BCUT2D eigenvalue weighted by Gasteiger charge is 2.12. The first-order chi connectivity index (χ1) is 9.81. The van der Waals surface area contributed by atoms with Crippen LogP contribution in [0.2, 0.25) is 0 Å². The van der Waals surface area contributed by atoms with Gasteiger partial charge in [-0.15, -0.1) is 21.5 Å². The van der Waals surface area contributed by atoms with Crippen LogP contribution in [0.3, 0.4) is 0 Å². The van der Waals surface area contributed by atoms with Gasteiger partial charge in [0.2, 0.25) is 0 Å². The molecule has 3 aromatic heterocycles. The minimum atomic E-state index is 0.424. The van der Waals surface area contributed by atoms with Crippen LogP contribution in [0.5, 0.6) is 0 Å². The number of rotatable bonds is 6. The molecule has 0 radical (unpaired) electrons. The van der Waals surface area contributed by atoms with Crippen molar-refractivity contribution in [2.24, 2.45) is 5.73 Å². The fourth-order valence-electron chi connectivity index (χ4n) is 2.01. The van der Waals surface area contributed by atoms with Gasteiger partial charge in [0.25, 0.3) is 0 Å². The van der Waals surface area contributed by atoms with Gasteiger partial charge in [-0.3, -0.25) is 4.40 Å². The number of thiazole rings is 1.